The van der Waals surface area contributed by atoms with Gasteiger partial charge < -0.3 is 19.7 Å². The molecule has 196 valence electrons. The van der Waals surface area contributed by atoms with Gasteiger partial charge in [-0.25, -0.2) is 4.99 Å². The molecule has 0 spiro atoms. The molecule has 0 aromatic carbocycles. The summed E-state index contributed by atoms with van der Waals surface area (Å²) in [7, 11) is 0. The number of aliphatic hydroxyl groups is 2. The fraction of sp³-hybridized carbons (Fsp3) is 0.857. The number of hydrogen-bond acceptors (Lipinski definition) is 6. The number of unbranched alkanes of at least 4 members (excludes halogenated alkanes) is 13. The Morgan fingerprint density at radius 2 is 1.47 bits per heavy atom. The number of aliphatic imine (C=N–C) groups is 2. The number of nitrogens with zero attached hydrogens (tertiary/aromatic N) is 2. The zero-order valence-corrected chi connectivity index (χ0v) is 21.7. The smallest absolute Gasteiger partial charge is 0.188 e. The molecule has 0 saturated carbocycles. The molecule has 2 aliphatic rings. The van der Waals surface area contributed by atoms with Gasteiger partial charge in [0.25, 0.3) is 0 Å². The molecule has 0 aromatic rings. The van der Waals surface area contributed by atoms with Gasteiger partial charge in [-0.05, 0) is 19.3 Å². The zero-order valence-electron chi connectivity index (χ0n) is 21.7. The van der Waals surface area contributed by atoms with Crippen LogP contribution in [0.25, 0.3) is 0 Å². The van der Waals surface area contributed by atoms with Crippen LogP contribution in [0.15, 0.2) is 22.1 Å². The summed E-state index contributed by atoms with van der Waals surface area (Å²) in [6.07, 6.45) is 25.0. The molecule has 0 fully saturated rings. The van der Waals surface area contributed by atoms with Gasteiger partial charge in [0, 0.05) is 12.3 Å². The minimum absolute atomic E-state index is 0.0275. The number of rotatable bonds is 21. The van der Waals surface area contributed by atoms with E-state index in [0.717, 1.165) is 18.7 Å². The molecule has 1 atom stereocenters. The molecule has 34 heavy (non-hydrogen) atoms. The summed E-state index contributed by atoms with van der Waals surface area (Å²) < 4.78 is 11.4. The van der Waals surface area contributed by atoms with Gasteiger partial charge in [0.1, 0.15) is 18.8 Å². The summed E-state index contributed by atoms with van der Waals surface area (Å²) in [4.78, 5) is 8.95. The van der Waals surface area contributed by atoms with Crippen LogP contribution in [-0.2, 0) is 9.47 Å². The lowest BCUT2D eigenvalue weighted by Gasteiger charge is -2.16. The van der Waals surface area contributed by atoms with E-state index < -0.39 is 5.54 Å². The maximum atomic E-state index is 9.62. The Bertz CT molecular complexity index is 614. The highest BCUT2D eigenvalue weighted by molar-refractivity contribution is 5.87. The first kappa shape index (κ1) is 28.8. The molecule has 6 heteroatoms. The van der Waals surface area contributed by atoms with Gasteiger partial charge in [-0.3, -0.25) is 4.99 Å². The van der Waals surface area contributed by atoms with Crippen LogP contribution in [0, 0.1) is 5.92 Å². The van der Waals surface area contributed by atoms with Gasteiger partial charge in [0.15, 0.2) is 11.8 Å². The van der Waals surface area contributed by atoms with E-state index in [4.69, 9.17) is 9.47 Å². The summed E-state index contributed by atoms with van der Waals surface area (Å²) in [5.74, 6) is 1.39. The maximum Gasteiger partial charge on any atom is 0.188 e. The second-order valence-corrected chi connectivity index (χ2v) is 10.0. The Morgan fingerprint density at radius 3 is 2.00 bits per heavy atom. The third-order valence-corrected chi connectivity index (χ3v) is 6.90. The fourth-order valence-electron chi connectivity index (χ4n) is 4.57. The molecular weight excluding hydrogens is 428 g/mol. The standard InChI is InChI=1S/C28H50N2O4/c1-2-3-4-5-6-7-8-9-10-11-12-13-14-15-16-17-18-25(21-26-29-19-20-33-26)27-30-28(22-31,23-32)24-34-27/h16-17,25,31-32H,2-15,18-24H2,1H3/b17-16+. The third kappa shape index (κ3) is 11.4. The molecule has 0 aliphatic carbocycles. The van der Waals surface area contributed by atoms with Crippen LogP contribution in [0.5, 0.6) is 0 Å². The molecule has 0 saturated heterocycles. The van der Waals surface area contributed by atoms with Gasteiger partial charge in [-0.15, -0.1) is 0 Å². The van der Waals surface area contributed by atoms with Crippen molar-refractivity contribution in [3.63, 3.8) is 0 Å². The fourth-order valence-corrected chi connectivity index (χ4v) is 4.57. The number of ether oxygens (including phenoxy) is 2. The first-order chi connectivity index (χ1) is 16.7. The molecule has 1 unspecified atom stereocenters. The summed E-state index contributed by atoms with van der Waals surface area (Å²) in [5.41, 5.74) is -0.912. The van der Waals surface area contributed by atoms with Crippen molar-refractivity contribution in [3.05, 3.63) is 12.2 Å². The first-order valence-corrected chi connectivity index (χ1v) is 14.0. The Labute approximate surface area is 207 Å². The molecule has 0 amide bonds. The Hall–Kier alpha value is -1.40. The van der Waals surface area contributed by atoms with Crippen molar-refractivity contribution in [3.8, 4) is 0 Å². The van der Waals surface area contributed by atoms with Crippen molar-refractivity contribution in [1.82, 2.24) is 0 Å². The lowest BCUT2D eigenvalue weighted by atomic mass is 9.99. The monoisotopic (exact) mass is 478 g/mol. The summed E-state index contributed by atoms with van der Waals surface area (Å²) >= 11 is 0. The zero-order chi connectivity index (χ0) is 24.3. The maximum absolute atomic E-state index is 9.62. The van der Waals surface area contributed by atoms with Gasteiger partial charge >= 0.3 is 0 Å². The van der Waals surface area contributed by atoms with Crippen LogP contribution in [0.4, 0.5) is 0 Å². The van der Waals surface area contributed by atoms with Crippen LogP contribution in [0.1, 0.15) is 110 Å². The highest BCUT2D eigenvalue weighted by atomic mass is 16.5. The molecule has 6 nitrogen and oxygen atoms in total. The molecule has 2 rings (SSSR count). The quantitative estimate of drug-likeness (QED) is 0.156. The predicted octanol–water partition coefficient (Wildman–Crippen LogP) is 6.00. The number of hydrogen-bond donors (Lipinski definition) is 2. The normalized spacial score (nSPS) is 18.1. The average molecular weight is 479 g/mol. The van der Waals surface area contributed by atoms with Gasteiger partial charge in [-0.2, -0.15) is 0 Å². The Balaban J connectivity index is 1.56. The van der Waals surface area contributed by atoms with Crippen molar-refractivity contribution in [2.24, 2.45) is 15.9 Å². The summed E-state index contributed by atoms with van der Waals surface area (Å²) in [5, 5.41) is 19.2. The topological polar surface area (TPSA) is 83.6 Å². The second kappa shape index (κ2) is 18.0. The second-order valence-electron chi connectivity index (χ2n) is 10.0. The summed E-state index contributed by atoms with van der Waals surface area (Å²) in [6.45, 7) is 3.42. The number of allylic oxidation sites excluding steroid dienone is 2. The molecule has 0 aromatic heterocycles. The van der Waals surface area contributed by atoms with Gasteiger partial charge in [0.2, 0.25) is 0 Å². The van der Waals surface area contributed by atoms with E-state index >= 15 is 0 Å². The van der Waals surface area contributed by atoms with E-state index in [1.165, 1.54) is 83.5 Å². The molecule has 0 radical (unpaired) electrons. The highest BCUT2D eigenvalue weighted by Crippen LogP contribution is 2.26. The van der Waals surface area contributed by atoms with Crippen molar-refractivity contribution >= 4 is 11.8 Å². The van der Waals surface area contributed by atoms with Gasteiger partial charge in [-0.1, -0.05) is 96.1 Å². The molecule has 0 bridgehead atoms. The molecule has 2 N–H and O–H groups in total. The predicted molar refractivity (Wildman–Crippen MR) is 141 cm³/mol. The lowest BCUT2D eigenvalue weighted by Crippen LogP contribution is -2.37. The largest absolute Gasteiger partial charge is 0.479 e. The van der Waals surface area contributed by atoms with E-state index in [1.807, 2.05) is 0 Å². The average Bonchev–Trinajstić information content (AvgIpc) is 3.53. The minimum Gasteiger partial charge on any atom is -0.479 e. The van der Waals surface area contributed by atoms with Crippen LogP contribution in [0.3, 0.4) is 0 Å². The molecular formula is C28H50N2O4. The number of aliphatic hydroxyl groups excluding tert-OH is 2. The van der Waals surface area contributed by atoms with Crippen LogP contribution in [0.2, 0.25) is 0 Å². The van der Waals surface area contributed by atoms with E-state index in [9.17, 15) is 10.2 Å². The van der Waals surface area contributed by atoms with Crippen molar-refractivity contribution in [1.29, 1.82) is 0 Å². The van der Waals surface area contributed by atoms with Gasteiger partial charge in [0.05, 0.1) is 19.8 Å². The van der Waals surface area contributed by atoms with E-state index in [1.54, 1.807) is 0 Å². The van der Waals surface area contributed by atoms with E-state index in [2.05, 4.69) is 29.1 Å². The highest BCUT2D eigenvalue weighted by Gasteiger charge is 2.38. The summed E-state index contributed by atoms with van der Waals surface area (Å²) in [6, 6.07) is 0. The van der Waals surface area contributed by atoms with Crippen LogP contribution < -0.4 is 0 Å². The van der Waals surface area contributed by atoms with Crippen molar-refractivity contribution in [2.75, 3.05) is 33.0 Å². The third-order valence-electron chi connectivity index (χ3n) is 6.90. The van der Waals surface area contributed by atoms with E-state index in [0.29, 0.717) is 25.5 Å². The Morgan fingerprint density at radius 1 is 0.853 bits per heavy atom. The minimum atomic E-state index is -0.912. The van der Waals surface area contributed by atoms with Crippen molar-refractivity contribution in [2.45, 2.75) is 115 Å². The lowest BCUT2D eigenvalue weighted by molar-refractivity contribution is 0.0967. The first-order valence-electron chi connectivity index (χ1n) is 14.0. The molecule has 2 aliphatic heterocycles. The van der Waals surface area contributed by atoms with Crippen molar-refractivity contribution < 1.29 is 19.7 Å². The van der Waals surface area contributed by atoms with Crippen LogP contribution >= 0.6 is 0 Å². The van der Waals surface area contributed by atoms with E-state index in [-0.39, 0.29) is 25.7 Å². The SMILES string of the molecule is CCCCCCCCCCCCCCC/C=C/CC(CC1=NCCO1)C1=NC(CO)(CO)CO1. The Kier molecular flexibility index (Phi) is 15.2. The molecule has 2 heterocycles. The van der Waals surface area contributed by atoms with Crippen LogP contribution in [-0.4, -0.2) is 60.5 Å².